The molecule has 120 valence electrons. The van der Waals surface area contributed by atoms with Crippen LogP contribution in [0.15, 0.2) is 41.5 Å². The molecule has 0 saturated carbocycles. The van der Waals surface area contributed by atoms with E-state index in [0.717, 1.165) is 12.0 Å². The molecule has 0 unspecified atom stereocenters. The fourth-order valence-electron chi connectivity index (χ4n) is 1.95. The summed E-state index contributed by atoms with van der Waals surface area (Å²) in [4.78, 5) is 12.0. The third-order valence-corrected chi connectivity index (χ3v) is 3.56. The second-order valence-corrected chi connectivity index (χ2v) is 5.21. The van der Waals surface area contributed by atoms with Crippen LogP contribution in [0.25, 0.3) is 0 Å². The molecule has 0 aliphatic heterocycles. The van der Waals surface area contributed by atoms with Crippen molar-refractivity contribution >= 4 is 23.7 Å². The molecule has 2 N–H and O–H groups in total. The Bertz CT molecular complexity index is 727. The topological polar surface area (TPSA) is 70.9 Å². The number of hydrogen-bond acceptors (Lipinski definition) is 4. The van der Waals surface area contributed by atoms with Gasteiger partial charge in [0.2, 0.25) is 0 Å². The quantitative estimate of drug-likeness (QED) is 0.651. The summed E-state index contributed by atoms with van der Waals surface area (Å²) in [7, 11) is 1.42. The molecule has 0 radical (unpaired) electrons. The van der Waals surface area contributed by atoms with Gasteiger partial charge in [-0.1, -0.05) is 30.7 Å². The lowest BCUT2D eigenvalue weighted by atomic mass is 10.1. The van der Waals surface area contributed by atoms with E-state index >= 15 is 0 Å². The monoisotopic (exact) mass is 332 g/mol. The Hall–Kier alpha value is -2.53. The number of aryl methyl sites for hydroxylation is 1. The minimum atomic E-state index is -0.305. The van der Waals surface area contributed by atoms with E-state index in [2.05, 4.69) is 17.5 Å². The van der Waals surface area contributed by atoms with Crippen molar-refractivity contribution in [2.75, 3.05) is 7.11 Å². The molecule has 0 aliphatic rings. The number of phenols is 1. The van der Waals surface area contributed by atoms with E-state index in [0.29, 0.717) is 11.1 Å². The number of aromatic hydroxyl groups is 1. The minimum Gasteiger partial charge on any atom is -0.503 e. The van der Waals surface area contributed by atoms with Gasteiger partial charge in [-0.3, -0.25) is 4.79 Å². The molecule has 0 spiro atoms. The maximum Gasteiger partial charge on any atom is 0.271 e. The van der Waals surface area contributed by atoms with E-state index in [-0.39, 0.29) is 22.4 Å². The van der Waals surface area contributed by atoms with Crippen LogP contribution >= 0.6 is 11.6 Å². The molecule has 1 amide bonds. The van der Waals surface area contributed by atoms with Gasteiger partial charge in [0.1, 0.15) is 0 Å². The first-order valence-corrected chi connectivity index (χ1v) is 7.41. The molecule has 0 atom stereocenters. The number of hydrogen-bond donors (Lipinski definition) is 2. The first-order valence-electron chi connectivity index (χ1n) is 7.04. The third kappa shape index (κ3) is 4.23. The number of nitrogens with zero attached hydrogens (tertiary/aromatic N) is 1. The zero-order valence-corrected chi connectivity index (χ0v) is 13.6. The Morgan fingerprint density at radius 1 is 1.35 bits per heavy atom. The Morgan fingerprint density at radius 2 is 2.04 bits per heavy atom. The highest BCUT2D eigenvalue weighted by Crippen LogP contribution is 2.34. The summed E-state index contributed by atoms with van der Waals surface area (Å²) in [6, 6.07) is 10.4. The molecular formula is C17H17ClN2O3. The highest BCUT2D eigenvalue weighted by atomic mass is 35.5. The van der Waals surface area contributed by atoms with Crippen molar-refractivity contribution in [2.24, 2.45) is 5.10 Å². The molecule has 0 saturated heterocycles. The predicted octanol–water partition coefficient (Wildman–Crippen LogP) is 3.38. The van der Waals surface area contributed by atoms with Crippen LogP contribution in [0.4, 0.5) is 0 Å². The van der Waals surface area contributed by atoms with E-state index in [1.807, 2.05) is 12.1 Å². The molecular weight excluding hydrogens is 316 g/mol. The van der Waals surface area contributed by atoms with Crippen molar-refractivity contribution in [3.8, 4) is 11.5 Å². The van der Waals surface area contributed by atoms with Crippen LogP contribution in [-0.2, 0) is 6.42 Å². The number of carbonyl (C=O) groups excluding carboxylic acids is 1. The van der Waals surface area contributed by atoms with Gasteiger partial charge < -0.3 is 9.84 Å². The fourth-order valence-corrected chi connectivity index (χ4v) is 2.16. The van der Waals surface area contributed by atoms with Gasteiger partial charge in [0.25, 0.3) is 5.91 Å². The van der Waals surface area contributed by atoms with Gasteiger partial charge in [0, 0.05) is 5.56 Å². The smallest absolute Gasteiger partial charge is 0.271 e. The molecule has 0 heterocycles. The van der Waals surface area contributed by atoms with E-state index in [1.165, 1.54) is 19.4 Å². The number of halogens is 1. The molecule has 0 fully saturated rings. The van der Waals surface area contributed by atoms with Crippen molar-refractivity contribution in [1.29, 1.82) is 0 Å². The van der Waals surface area contributed by atoms with E-state index < -0.39 is 0 Å². The highest BCUT2D eigenvalue weighted by Gasteiger charge is 2.08. The van der Waals surface area contributed by atoms with Crippen LogP contribution in [0.3, 0.4) is 0 Å². The summed E-state index contributed by atoms with van der Waals surface area (Å²) in [6.07, 6.45) is 2.34. The first-order chi connectivity index (χ1) is 11.0. The number of phenolic OH excluding ortho intramolecular Hbond substituents is 1. The van der Waals surface area contributed by atoms with Crippen molar-refractivity contribution in [2.45, 2.75) is 13.3 Å². The molecule has 2 aromatic carbocycles. The largest absolute Gasteiger partial charge is 0.503 e. The number of methoxy groups -OCH3 is 1. The molecule has 5 nitrogen and oxygen atoms in total. The average Bonchev–Trinajstić information content (AvgIpc) is 2.57. The van der Waals surface area contributed by atoms with Crippen molar-refractivity contribution in [1.82, 2.24) is 5.43 Å². The average molecular weight is 333 g/mol. The summed E-state index contributed by atoms with van der Waals surface area (Å²) in [6.45, 7) is 2.05. The standard InChI is InChI=1S/C17H17ClN2O3/c1-3-11-4-6-13(7-5-11)17(22)20-19-10-12-8-14(18)16(21)15(9-12)23-2/h4-10,21H,3H2,1-2H3,(H,20,22)/b19-10+. The number of amides is 1. The van der Waals surface area contributed by atoms with Crippen molar-refractivity contribution < 1.29 is 14.6 Å². The molecule has 2 aromatic rings. The lowest BCUT2D eigenvalue weighted by Crippen LogP contribution is -2.17. The summed E-state index contributed by atoms with van der Waals surface area (Å²) < 4.78 is 5.00. The summed E-state index contributed by atoms with van der Waals surface area (Å²) >= 11 is 5.88. The fraction of sp³-hybridized carbons (Fsp3) is 0.176. The molecule has 0 bridgehead atoms. The lowest BCUT2D eigenvalue weighted by molar-refractivity contribution is 0.0955. The first kappa shape index (κ1) is 16.8. The maximum atomic E-state index is 12.0. The van der Waals surface area contributed by atoms with Gasteiger partial charge in [-0.25, -0.2) is 5.43 Å². The van der Waals surface area contributed by atoms with Crippen LogP contribution < -0.4 is 10.2 Å². The van der Waals surface area contributed by atoms with Gasteiger partial charge in [-0.2, -0.15) is 5.10 Å². The number of carbonyl (C=O) groups is 1. The van der Waals surface area contributed by atoms with E-state index in [4.69, 9.17) is 16.3 Å². The van der Waals surface area contributed by atoms with Crippen LogP contribution in [0.2, 0.25) is 5.02 Å². The Kier molecular flexibility index (Phi) is 5.60. The number of hydrazone groups is 1. The van der Waals surface area contributed by atoms with E-state index in [1.54, 1.807) is 18.2 Å². The SMILES string of the molecule is CCc1ccc(C(=O)N/N=C/c2cc(Cl)c(O)c(OC)c2)cc1. The number of ether oxygens (including phenoxy) is 1. The lowest BCUT2D eigenvalue weighted by Gasteiger charge is -2.06. The highest BCUT2D eigenvalue weighted by molar-refractivity contribution is 6.32. The zero-order valence-electron chi connectivity index (χ0n) is 12.8. The van der Waals surface area contributed by atoms with Gasteiger partial charge >= 0.3 is 0 Å². The molecule has 2 rings (SSSR count). The third-order valence-electron chi connectivity index (χ3n) is 3.27. The second kappa shape index (κ2) is 7.65. The normalized spacial score (nSPS) is 10.7. The summed E-state index contributed by atoms with van der Waals surface area (Å²) in [5.41, 5.74) is 4.72. The summed E-state index contributed by atoms with van der Waals surface area (Å²) in [5, 5.41) is 13.7. The van der Waals surface area contributed by atoms with Gasteiger partial charge in [-0.05, 0) is 41.8 Å². The maximum absolute atomic E-state index is 12.0. The van der Waals surface area contributed by atoms with Gasteiger partial charge in [0.15, 0.2) is 11.5 Å². The zero-order chi connectivity index (χ0) is 16.8. The summed E-state index contributed by atoms with van der Waals surface area (Å²) in [5.74, 6) is -0.201. The number of nitrogens with one attached hydrogen (secondary N) is 1. The Balaban J connectivity index is 2.06. The molecule has 0 aliphatic carbocycles. The second-order valence-electron chi connectivity index (χ2n) is 4.80. The van der Waals surface area contributed by atoms with E-state index in [9.17, 15) is 9.90 Å². The minimum absolute atomic E-state index is 0.133. The van der Waals surface area contributed by atoms with Crippen molar-refractivity contribution in [3.63, 3.8) is 0 Å². The Morgan fingerprint density at radius 3 is 2.65 bits per heavy atom. The predicted molar refractivity (Wildman–Crippen MR) is 90.5 cm³/mol. The van der Waals surface area contributed by atoms with Crippen LogP contribution in [-0.4, -0.2) is 24.3 Å². The number of rotatable bonds is 5. The molecule has 6 heteroatoms. The number of benzene rings is 2. The van der Waals surface area contributed by atoms with Crippen LogP contribution in [0.5, 0.6) is 11.5 Å². The van der Waals surface area contributed by atoms with Gasteiger partial charge in [-0.15, -0.1) is 0 Å². The molecule has 0 aromatic heterocycles. The van der Waals surface area contributed by atoms with Crippen LogP contribution in [0, 0.1) is 0 Å². The van der Waals surface area contributed by atoms with Gasteiger partial charge in [0.05, 0.1) is 18.3 Å². The van der Waals surface area contributed by atoms with Crippen molar-refractivity contribution in [3.05, 3.63) is 58.1 Å². The Labute approximate surface area is 139 Å². The molecule has 23 heavy (non-hydrogen) atoms. The van der Waals surface area contributed by atoms with Crippen LogP contribution in [0.1, 0.15) is 28.4 Å².